The van der Waals surface area contributed by atoms with Crippen molar-refractivity contribution in [1.29, 1.82) is 0 Å². The van der Waals surface area contributed by atoms with Crippen molar-refractivity contribution in [2.24, 2.45) is 0 Å². The van der Waals surface area contributed by atoms with E-state index < -0.39 is 0 Å². The SMILES string of the molecule is c1ccc2cc(-c3nc(-c4cccc5ccccc45)nc(-c4ccc(-n5c6cc7ccccc7cc6c6ccc7ccccc7c65)c5oc6ccccc6c45)n3)ccc2c1. The van der Waals surface area contributed by atoms with Gasteiger partial charge in [-0.3, -0.25) is 0 Å². The van der Waals surface area contributed by atoms with Crippen LogP contribution >= 0.6 is 0 Å². The van der Waals surface area contributed by atoms with Gasteiger partial charge in [0.25, 0.3) is 0 Å². The van der Waals surface area contributed by atoms with Gasteiger partial charge >= 0.3 is 0 Å². The Morgan fingerprint density at radius 1 is 0.367 bits per heavy atom. The van der Waals surface area contributed by atoms with Gasteiger partial charge in [0.1, 0.15) is 5.58 Å². The third-order valence-electron chi connectivity index (χ3n) is 12.2. The molecule has 0 spiro atoms. The zero-order valence-corrected chi connectivity index (χ0v) is 32.2. The molecule has 0 saturated heterocycles. The molecular formula is C55H32N4O. The standard InChI is InChI=1S/C55H32N4O/c1-2-15-36-30-39(25-24-33(36)12-1)53-56-54(43-22-11-18-34-13-5-7-19-40(34)43)58-55(57-53)45-28-29-47(52-50(45)44-21-9-10-23-49(44)60-52)59-48-32-38-17-4-3-16-37(38)31-46(48)42-27-26-35-14-6-8-20-41(35)51(42)59/h1-32H. The maximum Gasteiger partial charge on any atom is 0.164 e. The summed E-state index contributed by atoms with van der Waals surface area (Å²) in [6.45, 7) is 0. The fourth-order valence-electron chi connectivity index (χ4n) is 9.38. The molecule has 60 heavy (non-hydrogen) atoms. The Labute approximate surface area is 343 Å². The van der Waals surface area contributed by atoms with E-state index in [4.69, 9.17) is 19.4 Å². The molecule has 0 aliphatic carbocycles. The Bertz CT molecular complexity index is 3910. The Morgan fingerprint density at radius 3 is 1.78 bits per heavy atom. The van der Waals surface area contributed by atoms with E-state index in [2.05, 4.69) is 187 Å². The van der Waals surface area contributed by atoms with Crippen molar-refractivity contribution in [3.8, 4) is 39.9 Å². The number of hydrogen-bond acceptors (Lipinski definition) is 4. The summed E-state index contributed by atoms with van der Waals surface area (Å²) in [5.41, 5.74) is 7.54. The van der Waals surface area contributed by atoms with Crippen LogP contribution < -0.4 is 0 Å². The molecule has 0 fully saturated rings. The molecule has 0 N–H and O–H groups in total. The lowest BCUT2D eigenvalue weighted by Gasteiger charge is -2.14. The van der Waals surface area contributed by atoms with Gasteiger partial charge in [-0.25, -0.2) is 15.0 Å². The molecule has 3 aromatic heterocycles. The smallest absolute Gasteiger partial charge is 0.164 e. The third-order valence-corrected chi connectivity index (χ3v) is 12.2. The molecule has 0 radical (unpaired) electrons. The molecule has 0 aliphatic heterocycles. The highest BCUT2D eigenvalue weighted by Gasteiger charge is 2.24. The van der Waals surface area contributed by atoms with Crippen LogP contribution in [0, 0.1) is 0 Å². The number of benzene rings is 10. The Hall–Kier alpha value is -8.15. The van der Waals surface area contributed by atoms with E-state index in [1.54, 1.807) is 0 Å². The van der Waals surface area contributed by atoms with Crippen molar-refractivity contribution in [3.05, 3.63) is 194 Å². The van der Waals surface area contributed by atoms with Crippen LogP contribution in [-0.4, -0.2) is 19.5 Å². The lowest BCUT2D eigenvalue weighted by Crippen LogP contribution is -2.02. The second kappa shape index (κ2) is 12.7. The van der Waals surface area contributed by atoms with E-state index in [1.165, 1.54) is 32.3 Å². The largest absolute Gasteiger partial charge is 0.454 e. The lowest BCUT2D eigenvalue weighted by molar-refractivity contribution is 0.666. The highest BCUT2D eigenvalue weighted by Crippen LogP contribution is 2.44. The molecule has 10 aromatic carbocycles. The summed E-state index contributed by atoms with van der Waals surface area (Å²) in [4.78, 5) is 15.9. The van der Waals surface area contributed by atoms with Gasteiger partial charge in [-0.2, -0.15) is 0 Å². The van der Waals surface area contributed by atoms with Crippen LogP contribution in [-0.2, 0) is 0 Å². The van der Waals surface area contributed by atoms with E-state index in [0.29, 0.717) is 17.5 Å². The van der Waals surface area contributed by atoms with Gasteiger partial charge in [-0.05, 0) is 74.1 Å². The zero-order valence-electron chi connectivity index (χ0n) is 32.2. The van der Waals surface area contributed by atoms with Crippen LogP contribution in [0.2, 0.25) is 0 Å². The molecule has 0 aliphatic rings. The highest BCUT2D eigenvalue weighted by atomic mass is 16.3. The normalized spacial score (nSPS) is 12.0. The van der Waals surface area contributed by atoms with E-state index in [-0.39, 0.29) is 0 Å². The minimum absolute atomic E-state index is 0.581. The molecule has 0 saturated carbocycles. The topological polar surface area (TPSA) is 56.7 Å². The van der Waals surface area contributed by atoms with Gasteiger partial charge in [-0.15, -0.1) is 0 Å². The average molecular weight is 765 g/mol. The van der Waals surface area contributed by atoms with E-state index in [1.807, 2.05) is 12.1 Å². The Morgan fingerprint density at radius 2 is 0.967 bits per heavy atom. The van der Waals surface area contributed by atoms with E-state index in [9.17, 15) is 0 Å². The minimum atomic E-state index is 0.581. The van der Waals surface area contributed by atoms with Gasteiger partial charge < -0.3 is 8.98 Å². The molecule has 0 unspecified atom stereocenters. The van der Waals surface area contributed by atoms with Gasteiger partial charge in [0.05, 0.1) is 16.7 Å². The molecule has 278 valence electrons. The summed E-state index contributed by atoms with van der Waals surface area (Å²) in [5, 5.41) is 13.6. The first-order valence-corrected chi connectivity index (χ1v) is 20.3. The summed E-state index contributed by atoms with van der Waals surface area (Å²) >= 11 is 0. The molecule has 5 heteroatoms. The number of hydrogen-bond donors (Lipinski definition) is 0. The third kappa shape index (κ3) is 4.90. The Kier molecular flexibility index (Phi) is 6.95. The number of nitrogens with zero attached hydrogens (tertiary/aromatic N) is 4. The van der Waals surface area contributed by atoms with Gasteiger partial charge in [0.15, 0.2) is 23.1 Å². The molecule has 0 atom stereocenters. The molecule has 13 aromatic rings. The second-order valence-electron chi connectivity index (χ2n) is 15.6. The summed E-state index contributed by atoms with van der Waals surface area (Å²) < 4.78 is 9.42. The number of fused-ring (bicyclic) bond motifs is 11. The van der Waals surface area contributed by atoms with Crippen molar-refractivity contribution in [3.63, 3.8) is 0 Å². The monoisotopic (exact) mass is 764 g/mol. The van der Waals surface area contributed by atoms with Gasteiger partial charge in [-0.1, -0.05) is 158 Å². The summed E-state index contributed by atoms with van der Waals surface area (Å²) in [7, 11) is 0. The first kappa shape index (κ1) is 32.9. The van der Waals surface area contributed by atoms with Crippen molar-refractivity contribution in [1.82, 2.24) is 19.5 Å². The van der Waals surface area contributed by atoms with Crippen LogP contribution in [0.4, 0.5) is 0 Å². The van der Waals surface area contributed by atoms with Crippen LogP contribution in [0.25, 0.3) is 127 Å². The van der Waals surface area contributed by atoms with Crippen molar-refractivity contribution in [2.75, 3.05) is 0 Å². The molecular weight excluding hydrogens is 733 g/mol. The Balaban J connectivity index is 1.13. The van der Waals surface area contributed by atoms with Crippen LogP contribution in [0.15, 0.2) is 199 Å². The van der Waals surface area contributed by atoms with Crippen LogP contribution in [0.1, 0.15) is 0 Å². The first-order valence-electron chi connectivity index (χ1n) is 20.3. The summed E-state index contributed by atoms with van der Waals surface area (Å²) in [6, 6.07) is 68.6. The summed E-state index contributed by atoms with van der Waals surface area (Å²) in [6.07, 6.45) is 0. The fourth-order valence-corrected chi connectivity index (χ4v) is 9.38. The quantitative estimate of drug-likeness (QED) is 0.179. The average Bonchev–Trinajstić information content (AvgIpc) is 3.86. The second-order valence-corrected chi connectivity index (χ2v) is 15.6. The van der Waals surface area contributed by atoms with E-state index >= 15 is 0 Å². The number of aromatic nitrogens is 4. The minimum Gasteiger partial charge on any atom is -0.454 e. The molecule has 3 heterocycles. The number of furan rings is 1. The molecule has 0 bridgehead atoms. The first-order chi connectivity index (χ1) is 29.7. The van der Waals surface area contributed by atoms with Crippen LogP contribution in [0.5, 0.6) is 0 Å². The van der Waals surface area contributed by atoms with Gasteiger partial charge in [0.2, 0.25) is 0 Å². The maximum absolute atomic E-state index is 7.01. The lowest BCUT2D eigenvalue weighted by atomic mass is 10.0. The summed E-state index contributed by atoms with van der Waals surface area (Å²) in [5.74, 6) is 1.81. The number of para-hydroxylation sites is 1. The van der Waals surface area contributed by atoms with E-state index in [0.717, 1.165) is 76.9 Å². The molecule has 0 amide bonds. The predicted molar refractivity (Wildman–Crippen MR) is 248 cm³/mol. The maximum atomic E-state index is 7.01. The van der Waals surface area contributed by atoms with Crippen molar-refractivity contribution < 1.29 is 4.42 Å². The predicted octanol–water partition coefficient (Wildman–Crippen LogP) is 14.5. The van der Waals surface area contributed by atoms with Crippen molar-refractivity contribution >= 4 is 86.8 Å². The number of rotatable bonds is 4. The van der Waals surface area contributed by atoms with Crippen molar-refractivity contribution in [2.45, 2.75) is 0 Å². The van der Waals surface area contributed by atoms with Crippen LogP contribution in [0.3, 0.4) is 0 Å². The molecule has 5 nitrogen and oxygen atoms in total. The fraction of sp³-hybridized carbons (Fsp3) is 0. The van der Waals surface area contributed by atoms with Gasteiger partial charge in [0, 0.05) is 43.6 Å². The highest BCUT2D eigenvalue weighted by molar-refractivity contribution is 6.22. The molecule has 13 rings (SSSR count). The zero-order chi connectivity index (χ0) is 39.3.